The summed E-state index contributed by atoms with van der Waals surface area (Å²) in [5.41, 5.74) is 4.13. The Balaban J connectivity index is 0.00000121. The van der Waals surface area contributed by atoms with Gasteiger partial charge in [0, 0.05) is 0 Å². The topological polar surface area (TPSA) is 0 Å². The fourth-order valence-electron chi connectivity index (χ4n) is 1.69. The summed E-state index contributed by atoms with van der Waals surface area (Å²) in [6.45, 7) is 12.2. The van der Waals surface area contributed by atoms with Crippen LogP contribution in [0.25, 0.3) is 0 Å². The van der Waals surface area contributed by atoms with E-state index in [0.29, 0.717) is 0 Å². The predicted molar refractivity (Wildman–Crippen MR) is 79.5 cm³/mol. The van der Waals surface area contributed by atoms with E-state index in [4.69, 9.17) is 0 Å². The molecule has 0 heteroatoms. The summed E-state index contributed by atoms with van der Waals surface area (Å²) in [6.07, 6.45) is 6.32. The van der Waals surface area contributed by atoms with Crippen LogP contribution in [0.1, 0.15) is 57.6 Å². The zero-order chi connectivity index (χ0) is 13.1. The van der Waals surface area contributed by atoms with Crippen molar-refractivity contribution < 1.29 is 0 Å². The van der Waals surface area contributed by atoms with Crippen molar-refractivity contribution >= 4 is 0 Å². The lowest BCUT2D eigenvalue weighted by Gasteiger charge is -2.02. The number of hydrogen-bond donors (Lipinski definition) is 0. The van der Waals surface area contributed by atoms with Crippen molar-refractivity contribution in [1.29, 1.82) is 0 Å². The molecule has 0 saturated carbocycles. The van der Waals surface area contributed by atoms with E-state index in [-0.39, 0.29) is 0 Å². The van der Waals surface area contributed by atoms with Crippen LogP contribution in [0.2, 0.25) is 0 Å². The second-order valence-corrected chi connectivity index (χ2v) is 4.50. The SMILES string of the molecule is C=C(C)CCCCCc1ccc(C)cc1.CC. The van der Waals surface area contributed by atoms with E-state index in [2.05, 4.69) is 44.7 Å². The highest BCUT2D eigenvalue weighted by atomic mass is 14.0. The van der Waals surface area contributed by atoms with Crippen molar-refractivity contribution in [1.82, 2.24) is 0 Å². The molecule has 1 aromatic rings. The van der Waals surface area contributed by atoms with Gasteiger partial charge < -0.3 is 0 Å². The maximum Gasteiger partial charge on any atom is -0.0279 e. The standard InChI is InChI=1S/C15H22.C2H6/c1-13(2)7-5-4-6-8-15-11-9-14(3)10-12-15;1-2/h9-12H,1,4-8H2,2-3H3;1-2H3. The van der Waals surface area contributed by atoms with Crippen molar-refractivity contribution in [3.63, 3.8) is 0 Å². The summed E-state index contributed by atoms with van der Waals surface area (Å²) in [7, 11) is 0. The fourth-order valence-corrected chi connectivity index (χ4v) is 1.69. The molecule has 0 radical (unpaired) electrons. The molecule has 0 N–H and O–H groups in total. The molecule has 0 aliphatic heterocycles. The molecule has 0 aromatic heterocycles. The molecule has 0 atom stereocenters. The minimum atomic E-state index is 1.19. The Morgan fingerprint density at radius 2 is 1.59 bits per heavy atom. The molecule has 0 amide bonds. The lowest BCUT2D eigenvalue weighted by atomic mass is 10.0. The minimum Gasteiger partial charge on any atom is -0.100 e. The predicted octanol–water partition coefficient (Wildman–Crippen LogP) is 5.70. The Labute approximate surface area is 108 Å². The van der Waals surface area contributed by atoms with Gasteiger partial charge in [0.25, 0.3) is 0 Å². The first kappa shape index (κ1) is 16.0. The maximum absolute atomic E-state index is 3.92. The van der Waals surface area contributed by atoms with Crippen molar-refractivity contribution in [2.75, 3.05) is 0 Å². The highest BCUT2D eigenvalue weighted by Gasteiger charge is 1.94. The number of hydrogen-bond acceptors (Lipinski definition) is 0. The van der Waals surface area contributed by atoms with Crippen LogP contribution in [0.3, 0.4) is 0 Å². The molecule has 0 spiro atoms. The van der Waals surface area contributed by atoms with E-state index < -0.39 is 0 Å². The Morgan fingerprint density at radius 3 is 2.12 bits per heavy atom. The molecule has 0 fully saturated rings. The molecule has 0 nitrogen and oxygen atoms in total. The highest BCUT2D eigenvalue weighted by molar-refractivity contribution is 5.21. The van der Waals surface area contributed by atoms with E-state index in [1.165, 1.54) is 48.8 Å². The Hall–Kier alpha value is -1.04. The molecule has 0 bridgehead atoms. The summed E-state index contributed by atoms with van der Waals surface area (Å²) < 4.78 is 0. The molecule has 0 aliphatic carbocycles. The van der Waals surface area contributed by atoms with Gasteiger partial charge in [-0.25, -0.2) is 0 Å². The molecule has 17 heavy (non-hydrogen) atoms. The van der Waals surface area contributed by atoms with E-state index in [0.717, 1.165) is 0 Å². The molecule has 0 saturated heterocycles. The zero-order valence-corrected chi connectivity index (χ0v) is 12.1. The smallest absolute Gasteiger partial charge is 0.0279 e. The van der Waals surface area contributed by atoms with Gasteiger partial charge in [-0.15, -0.1) is 6.58 Å². The largest absolute Gasteiger partial charge is 0.100 e. The van der Waals surface area contributed by atoms with Crippen LogP contribution < -0.4 is 0 Å². The van der Waals surface area contributed by atoms with Gasteiger partial charge in [-0.1, -0.05) is 55.7 Å². The zero-order valence-electron chi connectivity index (χ0n) is 12.1. The lowest BCUT2D eigenvalue weighted by molar-refractivity contribution is 0.676. The normalized spacial score (nSPS) is 9.41. The Morgan fingerprint density at radius 1 is 1.00 bits per heavy atom. The van der Waals surface area contributed by atoms with Gasteiger partial charge in [-0.3, -0.25) is 0 Å². The summed E-state index contributed by atoms with van der Waals surface area (Å²) >= 11 is 0. The van der Waals surface area contributed by atoms with Crippen molar-refractivity contribution in [2.45, 2.75) is 59.8 Å². The third-order valence-electron chi connectivity index (χ3n) is 2.69. The second kappa shape index (κ2) is 10.1. The van der Waals surface area contributed by atoms with E-state index >= 15 is 0 Å². The van der Waals surface area contributed by atoms with E-state index in [1.54, 1.807) is 0 Å². The number of rotatable bonds is 6. The van der Waals surface area contributed by atoms with Crippen LogP contribution in [0.15, 0.2) is 36.4 Å². The molecule has 0 heterocycles. The lowest BCUT2D eigenvalue weighted by Crippen LogP contribution is -1.86. The summed E-state index contributed by atoms with van der Waals surface area (Å²) in [5, 5.41) is 0. The van der Waals surface area contributed by atoms with Crippen molar-refractivity contribution in [3.05, 3.63) is 47.5 Å². The molecule has 1 rings (SSSR count). The number of benzene rings is 1. The monoisotopic (exact) mass is 232 g/mol. The second-order valence-electron chi connectivity index (χ2n) is 4.50. The van der Waals surface area contributed by atoms with Gasteiger partial charge in [0.15, 0.2) is 0 Å². The average molecular weight is 232 g/mol. The van der Waals surface area contributed by atoms with E-state index in [9.17, 15) is 0 Å². The summed E-state index contributed by atoms with van der Waals surface area (Å²) in [4.78, 5) is 0. The number of allylic oxidation sites excluding steroid dienone is 1. The molecule has 96 valence electrons. The highest BCUT2D eigenvalue weighted by Crippen LogP contribution is 2.11. The van der Waals surface area contributed by atoms with Crippen LogP contribution in [0, 0.1) is 6.92 Å². The van der Waals surface area contributed by atoms with Gasteiger partial charge in [-0.2, -0.15) is 0 Å². The van der Waals surface area contributed by atoms with Gasteiger partial charge in [0.2, 0.25) is 0 Å². The average Bonchev–Trinajstić information content (AvgIpc) is 2.33. The quantitative estimate of drug-likeness (QED) is 0.436. The van der Waals surface area contributed by atoms with Gasteiger partial charge in [0.1, 0.15) is 0 Å². The molecular weight excluding hydrogens is 204 g/mol. The Bertz CT molecular complexity index is 292. The van der Waals surface area contributed by atoms with E-state index in [1.807, 2.05) is 13.8 Å². The van der Waals surface area contributed by atoms with Crippen LogP contribution in [0.4, 0.5) is 0 Å². The van der Waals surface area contributed by atoms with Crippen molar-refractivity contribution in [2.24, 2.45) is 0 Å². The van der Waals surface area contributed by atoms with Gasteiger partial charge in [0.05, 0.1) is 0 Å². The Kier molecular flexibility index (Phi) is 9.52. The third kappa shape index (κ3) is 8.74. The molecule has 0 unspecified atom stereocenters. The first-order chi connectivity index (χ1) is 8.18. The summed E-state index contributed by atoms with van der Waals surface area (Å²) in [6, 6.07) is 8.88. The maximum atomic E-state index is 3.92. The van der Waals surface area contributed by atoms with Crippen LogP contribution in [-0.2, 0) is 6.42 Å². The van der Waals surface area contributed by atoms with Crippen LogP contribution in [0.5, 0.6) is 0 Å². The molecule has 1 aromatic carbocycles. The first-order valence-corrected chi connectivity index (χ1v) is 6.88. The molecular formula is C17H28. The van der Waals surface area contributed by atoms with Crippen LogP contribution in [-0.4, -0.2) is 0 Å². The van der Waals surface area contributed by atoms with Crippen molar-refractivity contribution in [3.8, 4) is 0 Å². The number of aryl methyl sites for hydroxylation is 2. The minimum absolute atomic E-state index is 1.19. The third-order valence-corrected chi connectivity index (χ3v) is 2.69. The fraction of sp³-hybridized carbons (Fsp3) is 0.529. The molecule has 0 aliphatic rings. The first-order valence-electron chi connectivity index (χ1n) is 6.88. The van der Waals surface area contributed by atoms with Gasteiger partial charge >= 0.3 is 0 Å². The van der Waals surface area contributed by atoms with Crippen LogP contribution >= 0.6 is 0 Å². The number of unbranched alkanes of at least 4 members (excludes halogenated alkanes) is 2. The van der Waals surface area contributed by atoms with Gasteiger partial charge in [-0.05, 0) is 45.1 Å². The summed E-state index contributed by atoms with van der Waals surface area (Å²) in [5.74, 6) is 0.